The predicted molar refractivity (Wildman–Crippen MR) is 155 cm³/mol. The lowest BCUT2D eigenvalue weighted by Gasteiger charge is -2.59. The molecule has 0 N–H and O–H groups in total. The SMILES string of the molecule is Cc1ccc(N2CC(C)N3CCN(CCc4ccc(N5CC6(CN(C)C6)C5)nc4)CC3C2)c2cccnc12. The van der Waals surface area contributed by atoms with Gasteiger partial charge in [-0.15, -0.1) is 0 Å². The monoisotopic (exact) mass is 511 g/mol. The number of piperazine rings is 2. The fourth-order valence-corrected chi connectivity index (χ4v) is 7.67. The molecule has 0 aliphatic carbocycles. The number of rotatable bonds is 5. The maximum atomic E-state index is 4.83. The Labute approximate surface area is 227 Å². The fraction of sp³-hybridized carbons (Fsp3) is 0.548. The van der Waals surface area contributed by atoms with Gasteiger partial charge in [0.1, 0.15) is 5.82 Å². The Hall–Kier alpha value is -2.74. The number of benzene rings is 1. The molecule has 1 spiro atoms. The lowest BCUT2D eigenvalue weighted by Crippen LogP contribution is -2.71. The molecular formula is C31H41N7. The van der Waals surface area contributed by atoms with Crippen LogP contribution in [0.15, 0.2) is 48.8 Å². The first-order valence-electron chi connectivity index (χ1n) is 14.4. The molecule has 38 heavy (non-hydrogen) atoms. The summed E-state index contributed by atoms with van der Waals surface area (Å²) >= 11 is 0. The third-order valence-electron chi connectivity index (χ3n) is 9.50. The average molecular weight is 512 g/mol. The van der Waals surface area contributed by atoms with Crippen molar-refractivity contribution in [1.82, 2.24) is 24.7 Å². The summed E-state index contributed by atoms with van der Waals surface area (Å²) in [6.45, 7) is 16.1. The molecule has 1 aromatic carbocycles. The van der Waals surface area contributed by atoms with Gasteiger partial charge in [0, 0.05) is 106 Å². The number of aryl methyl sites for hydroxylation is 1. The predicted octanol–water partition coefficient (Wildman–Crippen LogP) is 3.13. The molecule has 3 aromatic rings. The zero-order valence-corrected chi connectivity index (χ0v) is 23.2. The Balaban J connectivity index is 0.967. The van der Waals surface area contributed by atoms with Crippen LogP contribution in [0.4, 0.5) is 11.5 Å². The summed E-state index contributed by atoms with van der Waals surface area (Å²) in [6, 6.07) is 14.5. The summed E-state index contributed by atoms with van der Waals surface area (Å²) in [4.78, 5) is 22.4. The molecule has 6 heterocycles. The van der Waals surface area contributed by atoms with Crippen molar-refractivity contribution in [1.29, 1.82) is 0 Å². The number of pyridine rings is 2. The maximum Gasteiger partial charge on any atom is 0.128 e. The second-order valence-corrected chi connectivity index (χ2v) is 12.6. The number of nitrogens with zero attached hydrogens (tertiary/aromatic N) is 7. The van der Waals surface area contributed by atoms with Gasteiger partial charge >= 0.3 is 0 Å². The molecule has 4 aliphatic rings. The van der Waals surface area contributed by atoms with Crippen LogP contribution >= 0.6 is 0 Å². The van der Waals surface area contributed by atoms with Crippen molar-refractivity contribution in [2.24, 2.45) is 5.41 Å². The number of hydrogen-bond acceptors (Lipinski definition) is 7. The lowest BCUT2D eigenvalue weighted by molar-refractivity contribution is -0.00280. The van der Waals surface area contributed by atoms with E-state index in [-0.39, 0.29) is 0 Å². The van der Waals surface area contributed by atoms with Crippen molar-refractivity contribution in [2.45, 2.75) is 32.4 Å². The first-order valence-corrected chi connectivity index (χ1v) is 14.4. The Morgan fingerprint density at radius 3 is 2.58 bits per heavy atom. The normalized spacial score (nSPS) is 25.9. The Morgan fingerprint density at radius 1 is 0.921 bits per heavy atom. The summed E-state index contributed by atoms with van der Waals surface area (Å²) in [5.74, 6) is 1.15. The van der Waals surface area contributed by atoms with Crippen LogP contribution in [0, 0.1) is 12.3 Å². The molecule has 200 valence electrons. The molecule has 7 rings (SSSR count). The first kappa shape index (κ1) is 24.3. The fourth-order valence-electron chi connectivity index (χ4n) is 7.67. The van der Waals surface area contributed by atoms with E-state index in [2.05, 4.69) is 93.0 Å². The van der Waals surface area contributed by atoms with Gasteiger partial charge in [0.15, 0.2) is 0 Å². The van der Waals surface area contributed by atoms with Crippen molar-refractivity contribution < 1.29 is 0 Å². The minimum Gasteiger partial charge on any atom is -0.368 e. The molecule has 4 aliphatic heterocycles. The lowest BCUT2D eigenvalue weighted by atomic mass is 9.73. The molecule has 2 aromatic heterocycles. The van der Waals surface area contributed by atoms with E-state index < -0.39 is 0 Å². The van der Waals surface area contributed by atoms with Crippen molar-refractivity contribution >= 4 is 22.4 Å². The molecule has 4 saturated heterocycles. The molecule has 0 saturated carbocycles. The van der Waals surface area contributed by atoms with Gasteiger partial charge in [-0.25, -0.2) is 4.98 Å². The molecule has 0 bridgehead atoms. The number of fused-ring (bicyclic) bond motifs is 2. The van der Waals surface area contributed by atoms with Gasteiger partial charge in [0.2, 0.25) is 0 Å². The van der Waals surface area contributed by atoms with E-state index in [1.54, 1.807) is 0 Å². The number of likely N-dealkylation sites (tertiary alicyclic amines) is 1. The molecule has 2 unspecified atom stereocenters. The minimum absolute atomic E-state index is 0.548. The van der Waals surface area contributed by atoms with Gasteiger partial charge in [0.25, 0.3) is 0 Å². The second-order valence-electron chi connectivity index (χ2n) is 12.6. The Morgan fingerprint density at radius 2 is 1.79 bits per heavy atom. The van der Waals surface area contributed by atoms with E-state index in [1.165, 1.54) is 54.9 Å². The maximum absolute atomic E-state index is 4.83. The minimum atomic E-state index is 0.548. The highest BCUT2D eigenvalue weighted by Crippen LogP contribution is 2.40. The largest absolute Gasteiger partial charge is 0.368 e. The summed E-state index contributed by atoms with van der Waals surface area (Å²) in [7, 11) is 2.22. The topological polar surface area (TPSA) is 42.0 Å². The third kappa shape index (κ3) is 4.34. The van der Waals surface area contributed by atoms with Gasteiger partial charge in [-0.3, -0.25) is 9.88 Å². The van der Waals surface area contributed by atoms with Crippen LogP contribution in [0.5, 0.6) is 0 Å². The Bertz CT molecular complexity index is 1290. The van der Waals surface area contributed by atoms with Gasteiger partial charge < -0.3 is 19.6 Å². The van der Waals surface area contributed by atoms with E-state index >= 15 is 0 Å². The summed E-state index contributed by atoms with van der Waals surface area (Å²) in [6.07, 6.45) is 5.10. The molecular weight excluding hydrogens is 470 g/mol. The second kappa shape index (κ2) is 9.47. The van der Waals surface area contributed by atoms with E-state index in [4.69, 9.17) is 4.98 Å². The molecule has 4 fully saturated rings. The van der Waals surface area contributed by atoms with Crippen molar-refractivity contribution in [3.05, 3.63) is 59.9 Å². The zero-order valence-electron chi connectivity index (χ0n) is 23.2. The smallest absolute Gasteiger partial charge is 0.128 e. The van der Waals surface area contributed by atoms with Crippen LogP contribution in [0.1, 0.15) is 18.1 Å². The quantitative estimate of drug-likeness (QED) is 0.521. The summed E-state index contributed by atoms with van der Waals surface area (Å²) in [5, 5.41) is 1.28. The van der Waals surface area contributed by atoms with E-state index in [1.807, 2.05) is 6.20 Å². The van der Waals surface area contributed by atoms with Gasteiger partial charge in [0.05, 0.1) is 5.52 Å². The van der Waals surface area contributed by atoms with Crippen molar-refractivity contribution in [3.8, 4) is 0 Å². The van der Waals surface area contributed by atoms with E-state index in [0.717, 1.165) is 50.5 Å². The highest BCUT2D eigenvalue weighted by atomic mass is 15.4. The van der Waals surface area contributed by atoms with Crippen molar-refractivity contribution in [3.63, 3.8) is 0 Å². The summed E-state index contributed by atoms with van der Waals surface area (Å²) in [5.41, 5.74) is 5.63. The molecule has 7 nitrogen and oxygen atoms in total. The van der Waals surface area contributed by atoms with E-state index in [9.17, 15) is 0 Å². The van der Waals surface area contributed by atoms with Gasteiger partial charge in [-0.1, -0.05) is 12.1 Å². The molecule has 7 heteroatoms. The molecule has 0 radical (unpaired) electrons. The molecule has 2 atom stereocenters. The van der Waals surface area contributed by atoms with Crippen LogP contribution in [0.25, 0.3) is 10.9 Å². The highest BCUT2D eigenvalue weighted by Gasteiger charge is 2.50. The molecule has 0 amide bonds. The van der Waals surface area contributed by atoms with Crippen LogP contribution in [-0.2, 0) is 6.42 Å². The first-order chi connectivity index (χ1) is 18.5. The van der Waals surface area contributed by atoms with Crippen LogP contribution in [-0.4, -0.2) is 109 Å². The highest BCUT2D eigenvalue weighted by molar-refractivity contribution is 5.93. The van der Waals surface area contributed by atoms with Crippen LogP contribution in [0.2, 0.25) is 0 Å². The van der Waals surface area contributed by atoms with Gasteiger partial charge in [-0.05, 0) is 62.7 Å². The van der Waals surface area contributed by atoms with E-state index in [0.29, 0.717) is 17.5 Å². The van der Waals surface area contributed by atoms with Crippen molar-refractivity contribution in [2.75, 3.05) is 82.3 Å². The van der Waals surface area contributed by atoms with Crippen LogP contribution < -0.4 is 9.80 Å². The Kier molecular flexibility index (Phi) is 6.06. The average Bonchev–Trinajstić information content (AvgIpc) is 2.89. The zero-order chi connectivity index (χ0) is 25.9. The number of aromatic nitrogens is 2. The number of anilines is 2. The van der Waals surface area contributed by atoms with Gasteiger partial charge in [-0.2, -0.15) is 0 Å². The summed E-state index contributed by atoms with van der Waals surface area (Å²) < 4.78 is 0. The standard InChI is InChI=1S/C31H41N7/c1-23-6-8-28(27-5-4-11-32-30(23)27)36-16-24(2)38-14-13-35(17-26(38)18-36)12-10-25-7-9-29(33-15-25)37-21-31(22-37)19-34(3)20-31/h4-9,11,15,24,26H,10,12-14,16-22H2,1-3H3. The number of hydrogen-bond donors (Lipinski definition) is 0. The van der Waals surface area contributed by atoms with Crippen LogP contribution in [0.3, 0.4) is 0 Å². The third-order valence-corrected chi connectivity index (χ3v) is 9.50.